The van der Waals surface area contributed by atoms with Gasteiger partial charge < -0.3 is 15.5 Å². The number of rotatable bonds is 12. The molecule has 0 radical (unpaired) electrons. The van der Waals surface area contributed by atoms with Crippen molar-refractivity contribution in [2.24, 2.45) is 0 Å². The summed E-state index contributed by atoms with van der Waals surface area (Å²) in [4.78, 5) is 13.6. The van der Waals surface area contributed by atoms with Gasteiger partial charge in [0.05, 0.1) is 0 Å². The predicted octanol–water partition coefficient (Wildman–Crippen LogP) is 1.61. The van der Waals surface area contributed by atoms with Crippen molar-refractivity contribution in [3.63, 3.8) is 0 Å². The molecule has 0 aromatic carbocycles. The van der Waals surface area contributed by atoms with E-state index in [1.807, 2.05) is 0 Å². The van der Waals surface area contributed by atoms with Crippen LogP contribution in [0.1, 0.15) is 45.4 Å². The molecule has 4 heteroatoms. The van der Waals surface area contributed by atoms with E-state index in [1.165, 1.54) is 25.7 Å². The van der Waals surface area contributed by atoms with E-state index in [0.29, 0.717) is 6.42 Å². The van der Waals surface area contributed by atoms with Crippen LogP contribution in [-0.4, -0.2) is 51.1 Å². The van der Waals surface area contributed by atoms with Crippen molar-refractivity contribution in [1.29, 1.82) is 0 Å². The van der Waals surface area contributed by atoms with E-state index in [1.54, 1.807) is 0 Å². The molecule has 0 unspecified atom stereocenters. The second kappa shape index (κ2) is 12.8. The third kappa shape index (κ3) is 13.5. The highest BCUT2D eigenvalue weighted by Gasteiger charge is 1.99. The Morgan fingerprint density at radius 2 is 1.72 bits per heavy atom. The highest BCUT2D eigenvalue weighted by Crippen LogP contribution is 2.04. The summed E-state index contributed by atoms with van der Waals surface area (Å²) in [6.07, 6.45) is 6.70. The standard InChI is InChI=1S/C14H31N3O/c1-4-5-6-7-8-9-14(18)16-11-10-15-12-13-17(2)3/h15H,4-13H2,1-3H3,(H,16,18). The van der Waals surface area contributed by atoms with Gasteiger partial charge in [-0.1, -0.05) is 32.6 Å². The van der Waals surface area contributed by atoms with Crippen molar-refractivity contribution in [2.45, 2.75) is 45.4 Å². The number of carbonyl (C=O) groups is 1. The minimum Gasteiger partial charge on any atom is -0.355 e. The number of unbranched alkanes of at least 4 members (excludes halogenated alkanes) is 4. The van der Waals surface area contributed by atoms with Gasteiger partial charge in [0.25, 0.3) is 0 Å². The molecule has 0 aliphatic rings. The zero-order chi connectivity index (χ0) is 13.6. The zero-order valence-electron chi connectivity index (χ0n) is 12.4. The molecule has 0 heterocycles. The fourth-order valence-corrected chi connectivity index (χ4v) is 1.70. The second-order valence-electron chi connectivity index (χ2n) is 5.07. The van der Waals surface area contributed by atoms with Crippen LogP contribution in [0.3, 0.4) is 0 Å². The Morgan fingerprint density at radius 1 is 1.00 bits per heavy atom. The fourth-order valence-electron chi connectivity index (χ4n) is 1.70. The number of likely N-dealkylation sites (N-methyl/N-ethyl adjacent to an activating group) is 1. The summed E-state index contributed by atoms with van der Waals surface area (Å²) in [5, 5.41) is 6.25. The monoisotopic (exact) mass is 257 g/mol. The molecule has 0 fully saturated rings. The van der Waals surface area contributed by atoms with Crippen molar-refractivity contribution in [3.05, 3.63) is 0 Å². The minimum absolute atomic E-state index is 0.195. The Kier molecular flexibility index (Phi) is 12.4. The first kappa shape index (κ1) is 17.4. The molecule has 0 aliphatic heterocycles. The Morgan fingerprint density at radius 3 is 2.39 bits per heavy atom. The van der Waals surface area contributed by atoms with Crippen molar-refractivity contribution < 1.29 is 4.79 Å². The van der Waals surface area contributed by atoms with E-state index in [9.17, 15) is 4.79 Å². The summed E-state index contributed by atoms with van der Waals surface area (Å²) in [6, 6.07) is 0. The first-order valence-corrected chi connectivity index (χ1v) is 7.29. The molecule has 0 aliphatic carbocycles. The molecule has 0 aromatic rings. The van der Waals surface area contributed by atoms with E-state index in [4.69, 9.17) is 0 Å². The SMILES string of the molecule is CCCCCCCC(=O)NCCNCCN(C)C. The van der Waals surface area contributed by atoms with Crippen LogP contribution in [0.15, 0.2) is 0 Å². The summed E-state index contributed by atoms with van der Waals surface area (Å²) in [5.74, 6) is 0.195. The predicted molar refractivity (Wildman–Crippen MR) is 77.8 cm³/mol. The van der Waals surface area contributed by atoms with E-state index >= 15 is 0 Å². The van der Waals surface area contributed by atoms with E-state index in [-0.39, 0.29) is 5.91 Å². The molecule has 2 N–H and O–H groups in total. The van der Waals surface area contributed by atoms with E-state index < -0.39 is 0 Å². The molecular formula is C14H31N3O. The molecule has 0 saturated carbocycles. The van der Waals surface area contributed by atoms with Crippen molar-refractivity contribution in [1.82, 2.24) is 15.5 Å². The van der Waals surface area contributed by atoms with Crippen molar-refractivity contribution >= 4 is 5.91 Å². The number of nitrogens with one attached hydrogen (secondary N) is 2. The summed E-state index contributed by atoms with van der Waals surface area (Å²) < 4.78 is 0. The van der Waals surface area contributed by atoms with Crippen molar-refractivity contribution in [2.75, 3.05) is 40.3 Å². The molecule has 0 spiro atoms. The zero-order valence-corrected chi connectivity index (χ0v) is 12.4. The van der Waals surface area contributed by atoms with Crippen LogP contribution in [-0.2, 0) is 4.79 Å². The van der Waals surface area contributed by atoms with E-state index in [2.05, 4.69) is 36.6 Å². The number of hydrogen-bond donors (Lipinski definition) is 2. The smallest absolute Gasteiger partial charge is 0.220 e. The lowest BCUT2D eigenvalue weighted by molar-refractivity contribution is -0.121. The number of carbonyl (C=O) groups excluding carboxylic acids is 1. The van der Waals surface area contributed by atoms with Gasteiger partial charge in [-0.15, -0.1) is 0 Å². The van der Waals surface area contributed by atoms with Crippen LogP contribution in [0.25, 0.3) is 0 Å². The molecule has 4 nitrogen and oxygen atoms in total. The quantitative estimate of drug-likeness (QED) is 0.522. The average molecular weight is 257 g/mol. The number of hydrogen-bond acceptors (Lipinski definition) is 3. The highest BCUT2D eigenvalue weighted by molar-refractivity contribution is 5.75. The summed E-state index contributed by atoms with van der Waals surface area (Å²) in [6.45, 7) is 5.80. The molecule has 0 atom stereocenters. The van der Waals surface area contributed by atoms with Gasteiger partial charge in [-0.3, -0.25) is 4.79 Å². The number of nitrogens with zero attached hydrogens (tertiary/aromatic N) is 1. The van der Waals surface area contributed by atoms with Gasteiger partial charge in [0.15, 0.2) is 0 Å². The molecule has 0 bridgehead atoms. The van der Waals surface area contributed by atoms with Crippen LogP contribution in [0, 0.1) is 0 Å². The Labute approximate surface area is 113 Å². The summed E-state index contributed by atoms with van der Waals surface area (Å²) in [5.41, 5.74) is 0. The highest BCUT2D eigenvalue weighted by atomic mass is 16.1. The maximum Gasteiger partial charge on any atom is 0.220 e. The summed E-state index contributed by atoms with van der Waals surface area (Å²) >= 11 is 0. The largest absolute Gasteiger partial charge is 0.355 e. The van der Waals surface area contributed by atoms with Crippen LogP contribution in [0.2, 0.25) is 0 Å². The lowest BCUT2D eigenvalue weighted by atomic mass is 10.1. The third-order valence-electron chi connectivity index (χ3n) is 2.87. The number of amides is 1. The Bertz CT molecular complexity index is 195. The van der Waals surface area contributed by atoms with Crippen LogP contribution in [0.5, 0.6) is 0 Å². The fraction of sp³-hybridized carbons (Fsp3) is 0.929. The van der Waals surface area contributed by atoms with Gasteiger partial charge in [-0.05, 0) is 20.5 Å². The molecule has 0 aromatic heterocycles. The molecule has 108 valence electrons. The molecule has 18 heavy (non-hydrogen) atoms. The molecular weight excluding hydrogens is 226 g/mol. The topological polar surface area (TPSA) is 44.4 Å². The molecule has 0 rings (SSSR count). The average Bonchev–Trinajstić information content (AvgIpc) is 2.33. The lowest BCUT2D eigenvalue weighted by Crippen LogP contribution is -2.34. The van der Waals surface area contributed by atoms with Crippen molar-refractivity contribution in [3.8, 4) is 0 Å². The first-order chi connectivity index (χ1) is 8.66. The van der Waals surface area contributed by atoms with Crippen LogP contribution >= 0.6 is 0 Å². The van der Waals surface area contributed by atoms with Gasteiger partial charge in [-0.25, -0.2) is 0 Å². The normalized spacial score (nSPS) is 10.9. The van der Waals surface area contributed by atoms with Crippen LogP contribution < -0.4 is 10.6 Å². The Hall–Kier alpha value is -0.610. The van der Waals surface area contributed by atoms with Gasteiger partial charge >= 0.3 is 0 Å². The first-order valence-electron chi connectivity index (χ1n) is 7.29. The third-order valence-corrected chi connectivity index (χ3v) is 2.87. The van der Waals surface area contributed by atoms with Gasteiger partial charge in [0, 0.05) is 32.6 Å². The van der Waals surface area contributed by atoms with E-state index in [0.717, 1.165) is 32.6 Å². The van der Waals surface area contributed by atoms with Crippen LogP contribution in [0.4, 0.5) is 0 Å². The maximum absolute atomic E-state index is 11.5. The molecule has 0 saturated heterocycles. The summed E-state index contributed by atoms with van der Waals surface area (Å²) in [7, 11) is 4.12. The van der Waals surface area contributed by atoms with Gasteiger partial charge in [-0.2, -0.15) is 0 Å². The van der Waals surface area contributed by atoms with Gasteiger partial charge in [0.2, 0.25) is 5.91 Å². The van der Waals surface area contributed by atoms with Gasteiger partial charge in [0.1, 0.15) is 0 Å². The Balaban J connectivity index is 3.17. The molecule has 1 amide bonds. The lowest BCUT2D eigenvalue weighted by Gasteiger charge is -2.10. The minimum atomic E-state index is 0.195. The second-order valence-corrected chi connectivity index (χ2v) is 5.07. The maximum atomic E-state index is 11.5.